The summed E-state index contributed by atoms with van der Waals surface area (Å²) in [4.78, 5) is 12.0. The number of carbonyl (C=O) groups is 1. The lowest BCUT2D eigenvalue weighted by Gasteiger charge is -1.94. The molecule has 90 valence electrons. The van der Waals surface area contributed by atoms with Crippen molar-refractivity contribution in [2.45, 2.75) is 6.42 Å². The van der Waals surface area contributed by atoms with Crippen molar-refractivity contribution in [2.75, 3.05) is 0 Å². The lowest BCUT2D eigenvalue weighted by atomic mass is 10.1. The van der Waals surface area contributed by atoms with Crippen LogP contribution in [-0.4, -0.2) is 25.2 Å². The second kappa shape index (κ2) is 4.30. The summed E-state index contributed by atoms with van der Waals surface area (Å²) in [5.41, 5.74) is 2.22. The van der Waals surface area contributed by atoms with Crippen LogP contribution in [0.5, 0.6) is 0 Å². The van der Waals surface area contributed by atoms with Gasteiger partial charge in [0.25, 0.3) is 0 Å². The smallest absolute Gasteiger partial charge is 0.190 e. The highest BCUT2D eigenvalue weighted by Crippen LogP contribution is 2.18. The predicted octanol–water partition coefficient (Wildman–Crippen LogP) is 1.85. The number of hydrogen-bond acceptors (Lipinski definition) is 5. The summed E-state index contributed by atoms with van der Waals surface area (Å²) in [6, 6.07) is 7.87. The van der Waals surface area contributed by atoms with Crippen LogP contribution in [0, 0.1) is 0 Å². The SMILES string of the molecule is Cn1nc(CC(=O)c2csnn2)c2ccccc21. The minimum atomic E-state index is -0.0485. The summed E-state index contributed by atoms with van der Waals surface area (Å²) in [5, 5.41) is 10.8. The number of hydrogen-bond donors (Lipinski definition) is 0. The summed E-state index contributed by atoms with van der Waals surface area (Å²) >= 11 is 1.18. The Bertz CT molecular complexity index is 702. The third kappa shape index (κ3) is 1.80. The van der Waals surface area contributed by atoms with Crippen molar-refractivity contribution in [1.29, 1.82) is 0 Å². The average molecular weight is 258 g/mol. The molecule has 1 aromatic carbocycles. The number of aromatic nitrogens is 4. The molecule has 0 aliphatic heterocycles. The fourth-order valence-corrected chi connectivity index (χ4v) is 2.41. The van der Waals surface area contributed by atoms with Gasteiger partial charge in [-0.1, -0.05) is 22.7 Å². The standard InChI is InChI=1S/C12H10N4OS/c1-16-11-5-3-2-4-8(11)9(14-16)6-12(17)10-7-18-15-13-10/h2-5,7H,6H2,1H3. The first-order valence-electron chi connectivity index (χ1n) is 5.46. The number of nitrogens with zero attached hydrogens (tertiary/aromatic N) is 4. The molecule has 0 N–H and O–H groups in total. The van der Waals surface area contributed by atoms with E-state index < -0.39 is 0 Å². The molecule has 0 fully saturated rings. The van der Waals surface area contributed by atoms with Gasteiger partial charge >= 0.3 is 0 Å². The van der Waals surface area contributed by atoms with E-state index in [1.54, 1.807) is 10.1 Å². The maximum atomic E-state index is 12.0. The maximum Gasteiger partial charge on any atom is 0.190 e. The monoisotopic (exact) mass is 258 g/mol. The third-order valence-electron chi connectivity index (χ3n) is 2.81. The van der Waals surface area contributed by atoms with Crippen molar-refractivity contribution >= 4 is 28.2 Å². The Morgan fingerprint density at radius 1 is 1.39 bits per heavy atom. The van der Waals surface area contributed by atoms with Gasteiger partial charge in [0.1, 0.15) is 5.69 Å². The van der Waals surface area contributed by atoms with Crippen LogP contribution in [0.3, 0.4) is 0 Å². The number of rotatable bonds is 3. The van der Waals surface area contributed by atoms with Crippen molar-refractivity contribution in [2.24, 2.45) is 7.05 Å². The van der Waals surface area contributed by atoms with Crippen LogP contribution >= 0.6 is 11.5 Å². The first-order chi connectivity index (χ1) is 8.75. The van der Waals surface area contributed by atoms with Gasteiger partial charge in [-0.15, -0.1) is 5.10 Å². The van der Waals surface area contributed by atoms with Crippen molar-refractivity contribution in [1.82, 2.24) is 19.4 Å². The van der Waals surface area contributed by atoms with Crippen LogP contribution in [0.2, 0.25) is 0 Å². The fraction of sp³-hybridized carbons (Fsp3) is 0.167. The van der Waals surface area contributed by atoms with Gasteiger partial charge in [0.2, 0.25) is 0 Å². The van der Waals surface area contributed by atoms with Crippen LogP contribution in [0.4, 0.5) is 0 Å². The number of Topliss-reactive ketones (excluding diaryl/α,β-unsaturated/α-hetero) is 1. The van der Waals surface area contributed by atoms with Crippen molar-refractivity contribution in [3.8, 4) is 0 Å². The Labute approximate surface area is 107 Å². The minimum Gasteiger partial charge on any atom is -0.292 e. The van der Waals surface area contributed by atoms with E-state index in [4.69, 9.17) is 0 Å². The Hall–Kier alpha value is -2.08. The van der Waals surface area contributed by atoms with E-state index in [2.05, 4.69) is 14.7 Å². The molecule has 6 heteroatoms. The summed E-state index contributed by atoms with van der Waals surface area (Å²) in [7, 11) is 1.88. The molecule has 0 aliphatic rings. The van der Waals surface area contributed by atoms with E-state index in [1.807, 2.05) is 31.3 Å². The van der Waals surface area contributed by atoms with E-state index in [0.29, 0.717) is 5.69 Å². The summed E-state index contributed by atoms with van der Waals surface area (Å²) in [5.74, 6) is -0.0485. The van der Waals surface area contributed by atoms with Crippen LogP contribution in [0.15, 0.2) is 29.6 Å². The van der Waals surface area contributed by atoms with Crippen LogP contribution in [-0.2, 0) is 13.5 Å². The molecule has 0 saturated carbocycles. The van der Waals surface area contributed by atoms with Gasteiger partial charge in [-0.3, -0.25) is 9.48 Å². The maximum absolute atomic E-state index is 12.0. The van der Waals surface area contributed by atoms with Crippen molar-refractivity contribution in [3.05, 3.63) is 41.0 Å². The van der Waals surface area contributed by atoms with Gasteiger partial charge < -0.3 is 0 Å². The van der Waals surface area contributed by atoms with Crippen LogP contribution in [0.25, 0.3) is 10.9 Å². The van der Waals surface area contributed by atoms with Gasteiger partial charge in [0.05, 0.1) is 17.6 Å². The number of aryl methyl sites for hydroxylation is 1. The van der Waals surface area contributed by atoms with Gasteiger partial charge in [-0.05, 0) is 17.6 Å². The van der Waals surface area contributed by atoms with E-state index in [0.717, 1.165) is 16.6 Å². The number of fused-ring (bicyclic) bond motifs is 1. The Kier molecular flexibility index (Phi) is 2.64. The number of para-hydroxylation sites is 1. The Balaban J connectivity index is 1.98. The molecule has 5 nitrogen and oxygen atoms in total. The largest absolute Gasteiger partial charge is 0.292 e. The lowest BCUT2D eigenvalue weighted by Crippen LogP contribution is -2.05. The van der Waals surface area contributed by atoms with Crippen molar-refractivity contribution in [3.63, 3.8) is 0 Å². The quantitative estimate of drug-likeness (QED) is 0.673. The zero-order chi connectivity index (χ0) is 12.5. The molecule has 18 heavy (non-hydrogen) atoms. The van der Waals surface area contributed by atoms with Gasteiger partial charge in [0.15, 0.2) is 5.78 Å². The molecular formula is C12H10N4OS. The number of benzene rings is 1. The molecule has 2 aromatic heterocycles. The summed E-state index contributed by atoms with van der Waals surface area (Å²) in [6.07, 6.45) is 0.257. The molecule has 2 heterocycles. The summed E-state index contributed by atoms with van der Waals surface area (Å²) < 4.78 is 5.49. The molecule has 0 radical (unpaired) electrons. The molecule has 0 bridgehead atoms. The third-order valence-corrected chi connectivity index (χ3v) is 3.31. The van der Waals surface area contributed by atoms with Gasteiger partial charge in [-0.25, -0.2) is 0 Å². The lowest BCUT2D eigenvalue weighted by molar-refractivity contribution is 0.0987. The molecule has 0 unspecified atom stereocenters. The zero-order valence-electron chi connectivity index (χ0n) is 9.70. The van der Waals surface area contributed by atoms with E-state index >= 15 is 0 Å². The van der Waals surface area contributed by atoms with E-state index in [1.165, 1.54) is 11.5 Å². The molecule has 3 rings (SSSR count). The predicted molar refractivity (Wildman–Crippen MR) is 68.7 cm³/mol. The molecular weight excluding hydrogens is 248 g/mol. The average Bonchev–Trinajstić information content (AvgIpc) is 3.00. The fourth-order valence-electron chi connectivity index (χ4n) is 1.95. The zero-order valence-corrected chi connectivity index (χ0v) is 10.5. The Morgan fingerprint density at radius 2 is 2.22 bits per heavy atom. The number of carbonyl (C=O) groups excluding carboxylic acids is 1. The minimum absolute atomic E-state index is 0.0485. The molecule has 0 amide bonds. The van der Waals surface area contributed by atoms with E-state index in [-0.39, 0.29) is 12.2 Å². The molecule has 0 saturated heterocycles. The highest BCUT2D eigenvalue weighted by molar-refractivity contribution is 7.03. The molecule has 0 atom stereocenters. The van der Waals surface area contributed by atoms with Gasteiger partial charge in [-0.2, -0.15) is 5.10 Å². The van der Waals surface area contributed by atoms with Crippen LogP contribution < -0.4 is 0 Å². The highest BCUT2D eigenvalue weighted by Gasteiger charge is 2.15. The normalized spacial score (nSPS) is 10.9. The number of ketones is 1. The molecule has 0 aliphatic carbocycles. The first-order valence-corrected chi connectivity index (χ1v) is 6.30. The Morgan fingerprint density at radius 3 is 3.00 bits per heavy atom. The summed E-state index contributed by atoms with van der Waals surface area (Å²) in [6.45, 7) is 0. The second-order valence-electron chi connectivity index (χ2n) is 3.98. The highest BCUT2D eigenvalue weighted by atomic mass is 32.1. The van der Waals surface area contributed by atoms with Crippen molar-refractivity contribution < 1.29 is 4.79 Å². The topological polar surface area (TPSA) is 60.7 Å². The second-order valence-corrected chi connectivity index (χ2v) is 4.59. The van der Waals surface area contributed by atoms with Crippen LogP contribution in [0.1, 0.15) is 16.2 Å². The first kappa shape index (κ1) is 11.0. The molecule has 0 spiro atoms. The van der Waals surface area contributed by atoms with Gasteiger partial charge in [0, 0.05) is 17.8 Å². The molecule has 3 aromatic rings. The van der Waals surface area contributed by atoms with E-state index in [9.17, 15) is 4.79 Å².